The Balaban J connectivity index is 2.93. The fourth-order valence-electron chi connectivity index (χ4n) is 3.48. The summed E-state index contributed by atoms with van der Waals surface area (Å²) in [6.45, 7) is 3.90. The summed E-state index contributed by atoms with van der Waals surface area (Å²) in [4.78, 5) is 48.3. The summed E-state index contributed by atoms with van der Waals surface area (Å²) in [6.07, 6.45) is 8.94. The normalized spacial score (nSPS) is 21.2. The zero-order valence-corrected chi connectivity index (χ0v) is 19.0. The third-order valence-electron chi connectivity index (χ3n) is 5.68. The molecule has 0 saturated carbocycles. The molecule has 1 aliphatic carbocycles. The number of hydrogen-bond acceptors (Lipinski definition) is 6. The Morgan fingerprint density at radius 1 is 1.00 bits per heavy atom. The second-order valence-electron chi connectivity index (χ2n) is 8.21. The highest BCUT2D eigenvalue weighted by molar-refractivity contribution is 5.92. The third-order valence-corrected chi connectivity index (χ3v) is 5.68. The lowest BCUT2D eigenvalue weighted by atomic mass is 9.93. The van der Waals surface area contributed by atoms with Crippen molar-refractivity contribution < 1.29 is 24.3 Å². The summed E-state index contributed by atoms with van der Waals surface area (Å²) in [6, 6.07) is -2.85. The van der Waals surface area contributed by atoms with Crippen LogP contribution < -0.4 is 27.4 Å². The van der Waals surface area contributed by atoms with Crippen molar-refractivity contribution >= 4 is 23.7 Å². The minimum atomic E-state index is -1.28. The maximum Gasteiger partial charge on any atom is 0.326 e. The van der Waals surface area contributed by atoms with Gasteiger partial charge in [0.25, 0.3) is 0 Å². The van der Waals surface area contributed by atoms with Crippen molar-refractivity contribution in [1.29, 1.82) is 0 Å². The summed E-state index contributed by atoms with van der Waals surface area (Å²) < 4.78 is 0. The van der Waals surface area contributed by atoms with Crippen LogP contribution in [0.5, 0.6) is 0 Å². The Bertz CT molecular complexity index is 710. The van der Waals surface area contributed by atoms with E-state index in [-0.39, 0.29) is 36.6 Å². The number of carboxylic acid groups (broad SMARTS) is 1. The number of nitrogens with two attached hydrogens (primary N) is 2. The number of nitrogens with one attached hydrogen (secondary N) is 3. The van der Waals surface area contributed by atoms with Gasteiger partial charge in [0.2, 0.25) is 17.7 Å². The molecule has 10 heteroatoms. The lowest BCUT2D eigenvalue weighted by Gasteiger charge is -2.27. The lowest BCUT2D eigenvalue weighted by Crippen LogP contribution is -2.56. The molecule has 8 N–H and O–H groups in total. The molecule has 1 rings (SSSR count). The number of amides is 3. The van der Waals surface area contributed by atoms with Gasteiger partial charge in [0, 0.05) is 12.5 Å². The number of rotatable bonds is 14. The fraction of sp³-hybridized carbons (Fsp3) is 0.636. The summed E-state index contributed by atoms with van der Waals surface area (Å²) in [5.74, 6) is -2.78. The van der Waals surface area contributed by atoms with Crippen molar-refractivity contribution in [1.82, 2.24) is 16.0 Å². The van der Waals surface area contributed by atoms with Gasteiger partial charge in [-0.2, -0.15) is 0 Å². The summed E-state index contributed by atoms with van der Waals surface area (Å²) in [7, 11) is 1.68. The highest BCUT2D eigenvalue weighted by atomic mass is 16.4. The molecule has 0 aromatic carbocycles. The Kier molecular flexibility index (Phi) is 11.6. The number of primary amides is 1. The van der Waals surface area contributed by atoms with Crippen LogP contribution in [0.4, 0.5) is 0 Å². The van der Waals surface area contributed by atoms with E-state index in [2.05, 4.69) is 16.0 Å². The Morgan fingerprint density at radius 2 is 1.59 bits per heavy atom. The van der Waals surface area contributed by atoms with Crippen LogP contribution >= 0.6 is 0 Å². The minimum Gasteiger partial charge on any atom is -0.480 e. The quantitative estimate of drug-likeness (QED) is 0.198. The van der Waals surface area contributed by atoms with Crippen LogP contribution in [0.2, 0.25) is 0 Å². The molecule has 4 atom stereocenters. The standard InChI is InChI=1S/C22H37N5O5/c1-4-13(2)19(25-3)21(30)26-16(10-7-14-5-8-15(23)9-6-14)20(29)27-17(22(31)32)11-12-18(24)28/h5-6,8-9,13-17,19,25H,4,7,10-12,23H2,1-3H3,(H2,24,28)(H,26,30)(H,27,29)(H,31,32)/t13-,14?,15?,16-,17?,19-/m0/s1. The van der Waals surface area contributed by atoms with Crippen LogP contribution in [0.3, 0.4) is 0 Å². The topological polar surface area (TPSA) is 177 Å². The molecule has 1 unspecified atom stereocenters. The van der Waals surface area contributed by atoms with E-state index in [1.165, 1.54) is 0 Å². The van der Waals surface area contributed by atoms with Gasteiger partial charge in [0.15, 0.2) is 0 Å². The Morgan fingerprint density at radius 3 is 2.09 bits per heavy atom. The van der Waals surface area contributed by atoms with Crippen molar-refractivity contribution in [2.75, 3.05) is 7.05 Å². The fourth-order valence-corrected chi connectivity index (χ4v) is 3.48. The van der Waals surface area contributed by atoms with E-state index in [1.54, 1.807) is 7.05 Å². The largest absolute Gasteiger partial charge is 0.480 e. The van der Waals surface area contributed by atoms with E-state index in [9.17, 15) is 24.3 Å². The number of hydrogen-bond donors (Lipinski definition) is 6. The number of allylic oxidation sites excluding steroid dienone is 2. The highest BCUT2D eigenvalue weighted by Gasteiger charge is 2.30. The van der Waals surface area contributed by atoms with E-state index >= 15 is 0 Å². The average Bonchev–Trinajstić information content (AvgIpc) is 2.74. The second-order valence-corrected chi connectivity index (χ2v) is 8.21. The van der Waals surface area contributed by atoms with Crippen LogP contribution in [-0.2, 0) is 19.2 Å². The van der Waals surface area contributed by atoms with Crippen molar-refractivity contribution in [3.63, 3.8) is 0 Å². The molecule has 0 bridgehead atoms. The average molecular weight is 452 g/mol. The summed E-state index contributed by atoms with van der Waals surface area (Å²) in [5, 5.41) is 17.6. The van der Waals surface area contributed by atoms with Crippen LogP contribution in [0.25, 0.3) is 0 Å². The van der Waals surface area contributed by atoms with Crippen molar-refractivity contribution in [3.05, 3.63) is 24.3 Å². The number of carbonyl (C=O) groups is 4. The molecular weight excluding hydrogens is 414 g/mol. The Hall–Kier alpha value is -2.72. The third kappa shape index (κ3) is 9.19. The molecule has 180 valence electrons. The lowest BCUT2D eigenvalue weighted by molar-refractivity contribution is -0.142. The van der Waals surface area contributed by atoms with Crippen LogP contribution in [-0.4, -0.2) is 60.0 Å². The Labute approximate surface area is 189 Å². The molecule has 0 aromatic rings. The predicted octanol–water partition coefficient (Wildman–Crippen LogP) is -0.210. The van der Waals surface area contributed by atoms with E-state index in [0.29, 0.717) is 12.8 Å². The van der Waals surface area contributed by atoms with Crippen molar-refractivity contribution in [3.8, 4) is 0 Å². The van der Waals surface area contributed by atoms with E-state index in [4.69, 9.17) is 11.5 Å². The number of carbonyl (C=O) groups excluding carboxylic acids is 3. The van der Waals surface area contributed by atoms with Crippen LogP contribution in [0, 0.1) is 11.8 Å². The molecule has 0 aromatic heterocycles. The predicted molar refractivity (Wildman–Crippen MR) is 121 cm³/mol. The second kappa shape index (κ2) is 13.6. The first-order chi connectivity index (χ1) is 15.1. The van der Waals surface area contributed by atoms with Gasteiger partial charge in [-0.1, -0.05) is 44.6 Å². The molecule has 3 amide bonds. The maximum atomic E-state index is 12.9. The first kappa shape index (κ1) is 27.3. The van der Waals surface area contributed by atoms with E-state index < -0.39 is 35.9 Å². The molecule has 0 aliphatic heterocycles. The molecule has 0 spiro atoms. The monoisotopic (exact) mass is 451 g/mol. The highest BCUT2D eigenvalue weighted by Crippen LogP contribution is 2.17. The molecule has 1 aliphatic rings. The van der Waals surface area contributed by atoms with Gasteiger partial charge >= 0.3 is 5.97 Å². The molecule has 0 radical (unpaired) electrons. The van der Waals surface area contributed by atoms with E-state index in [0.717, 1.165) is 6.42 Å². The van der Waals surface area contributed by atoms with Crippen molar-refractivity contribution in [2.24, 2.45) is 23.3 Å². The molecule has 32 heavy (non-hydrogen) atoms. The molecular formula is C22H37N5O5. The smallest absolute Gasteiger partial charge is 0.326 e. The van der Waals surface area contributed by atoms with E-state index in [1.807, 2.05) is 38.2 Å². The van der Waals surface area contributed by atoms with Gasteiger partial charge in [-0.25, -0.2) is 4.79 Å². The molecule has 0 fully saturated rings. The molecule has 0 saturated heterocycles. The maximum absolute atomic E-state index is 12.9. The van der Waals surface area contributed by atoms with Gasteiger partial charge in [-0.05, 0) is 38.1 Å². The number of carboxylic acids is 1. The minimum absolute atomic E-state index is 0.0387. The van der Waals surface area contributed by atoms with Gasteiger partial charge in [0.05, 0.1) is 6.04 Å². The first-order valence-corrected chi connectivity index (χ1v) is 11.0. The first-order valence-electron chi connectivity index (χ1n) is 11.0. The summed E-state index contributed by atoms with van der Waals surface area (Å²) in [5.41, 5.74) is 10.9. The van der Waals surface area contributed by atoms with Gasteiger partial charge in [-0.15, -0.1) is 0 Å². The zero-order chi connectivity index (χ0) is 24.3. The number of likely N-dealkylation sites (N-methyl/N-ethyl adjacent to an activating group) is 1. The number of aliphatic carboxylic acids is 1. The SMILES string of the molecule is CC[C@H](C)[C@H](NC)C(=O)N[C@@H](CCC1C=CC(N)C=C1)C(=O)NC(CCC(N)=O)C(=O)O. The summed E-state index contributed by atoms with van der Waals surface area (Å²) >= 11 is 0. The van der Waals surface area contributed by atoms with Crippen LogP contribution in [0.15, 0.2) is 24.3 Å². The molecule has 10 nitrogen and oxygen atoms in total. The van der Waals surface area contributed by atoms with Gasteiger partial charge in [-0.3, -0.25) is 14.4 Å². The zero-order valence-electron chi connectivity index (χ0n) is 19.0. The van der Waals surface area contributed by atoms with Gasteiger partial charge in [0.1, 0.15) is 12.1 Å². The van der Waals surface area contributed by atoms with Crippen LogP contribution in [0.1, 0.15) is 46.0 Å². The van der Waals surface area contributed by atoms with Crippen molar-refractivity contribution in [2.45, 2.75) is 70.1 Å². The van der Waals surface area contributed by atoms with Gasteiger partial charge < -0.3 is 32.5 Å². The molecule has 0 heterocycles.